The number of aryl methyl sites for hydroxylation is 1. The molecule has 1 aromatic heterocycles. The molecule has 0 spiro atoms. The lowest BCUT2D eigenvalue weighted by atomic mass is 10.2. The van der Waals surface area contributed by atoms with E-state index in [-0.39, 0.29) is 16.6 Å². The third-order valence-corrected chi connectivity index (χ3v) is 9.33. The van der Waals surface area contributed by atoms with E-state index in [1.165, 1.54) is 43.1 Å². The lowest BCUT2D eigenvalue weighted by Crippen LogP contribution is -2.35. The van der Waals surface area contributed by atoms with Gasteiger partial charge in [0, 0.05) is 30.5 Å². The van der Waals surface area contributed by atoms with Crippen LogP contribution in [0.2, 0.25) is 0 Å². The van der Waals surface area contributed by atoms with Crippen molar-refractivity contribution in [1.82, 2.24) is 13.9 Å². The van der Waals surface area contributed by atoms with Gasteiger partial charge < -0.3 is 9.88 Å². The van der Waals surface area contributed by atoms with E-state index in [9.17, 15) is 13.2 Å². The fraction of sp³-hybridized carbons (Fsp3) is 0.565. The predicted octanol–water partition coefficient (Wildman–Crippen LogP) is 4.52. The molecule has 1 amide bonds. The van der Waals surface area contributed by atoms with Gasteiger partial charge in [-0.3, -0.25) is 4.79 Å². The minimum absolute atomic E-state index is 0.127. The fourth-order valence-electron chi connectivity index (χ4n) is 4.58. The van der Waals surface area contributed by atoms with Crippen LogP contribution in [0.15, 0.2) is 34.3 Å². The highest BCUT2D eigenvalue weighted by molar-refractivity contribution is 7.99. The average molecular weight is 477 g/mol. The van der Waals surface area contributed by atoms with Gasteiger partial charge in [0.05, 0.1) is 16.3 Å². The number of hydrogen-bond donors (Lipinski definition) is 1. The number of hydrogen-bond acceptors (Lipinski definition) is 5. The number of rotatable bonds is 7. The van der Waals surface area contributed by atoms with Crippen molar-refractivity contribution in [3.05, 3.63) is 35.7 Å². The molecule has 4 rings (SSSR count). The number of imidazole rings is 1. The van der Waals surface area contributed by atoms with E-state index in [1.54, 1.807) is 28.6 Å². The van der Waals surface area contributed by atoms with E-state index < -0.39 is 10.0 Å². The molecule has 1 saturated heterocycles. The molecule has 174 valence electrons. The topological polar surface area (TPSA) is 84.3 Å². The van der Waals surface area contributed by atoms with Gasteiger partial charge in [0.1, 0.15) is 0 Å². The van der Waals surface area contributed by atoms with Crippen molar-refractivity contribution in [2.75, 3.05) is 24.2 Å². The van der Waals surface area contributed by atoms with Gasteiger partial charge in [-0.2, -0.15) is 4.31 Å². The molecule has 1 N–H and O–H groups in total. The predicted molar refractivity (Wildman–Crippen MR) is 128 cm³/mol. The third-order valence-electron chi connectivity index (χ3n) is 6.47. The van der Waals surface area contributed by atoms with Gasteiger partial charge in [-0.15, -0.1) is 0 Å². The van der Waals surface area contributed by atoms with Gasteiger partial charge in [0.2, 0.25) is 15.9 Å². The highest BCUT2D eigenvalue weighted by atomic mass is 32.2. The second-order valence-corrected chi connectivity index (χ2v) is 11.6. The summed E-state index contributed by atoms with van der Waals surface area (Å²) in [6.07, 6.45) is 7.72. The van der Waals surface area contributed by atoms with Crippen molar-refractivity contribution < 1.29 is 13.2 Å². The zero-order valence-corrected chi connectivity index (χ0v) is 20.5. The second-order valence-electron chi connectivity index (χ2n) is 8.70. The number of thioether (sulfide) groups is 1. The number of nitrogens with one attached hydrogen (secondary N) is 1. The van der Waals surface area contributed by atoms with Crippen molar-refractivity contribution in [2.45, 2.75) is 74.9 Å². The molecule has 2 aliphatic rings. The maximum atomic E-state index is 12.8. The van der Waals surface area contributed by atoms with E-state index in [1.807, 2.05) is 6.92 Å². The first-order valence-corrected chi connectivity index (χ1v) is 13.9. The summed E-state index contributed by atoms with van der Waals surface area (Å²) in [7, 11) is -3.46. The second kappa shape index (κ2) is 9.97. The third kappa shape index (κ3) is 5.05. The van der Waals surface area contributed by atoms with E-state index >= 15 is 0 Å². The molecule has 0 unspecified atom stereocenters. The fourth-order valence-corrected chi connectivity index (χ4v) is 7.06. The Balaban J connectivity index is 1.36. The molecule has 0 atom stereocenters. The smallest absolute Gasteiger partial charge is 0.243 e. The Morgan fingerprint density at radius 2 is 1.72 bits per heavy atom. The maximum Gasteiger partial charge on any atom is 0.243 e. The summed E-state index contributed by atoms with van der Waals surface area (Å²) in [5.74, 6) is 0.133. The molecule has 1 saturated carbocycles. The van der Waals surface area contributed by atoms with Crippen LogP contribution in [0.1, 0.15) is 62.4 Å². The first kappa shape index (κ1) is 23.3. The zero-order valence-electron chi connectivity index (χ0n) is 18.8. The minimum Gasteiger partial charge on any atom is -0.325 e. The zero-order chi connectivity index (χ0) is 22.7. The number of sulfonamides is 1. The molecule has 32 heavy (non-hydrogen) atoms. The summed E-state index contributed by atoms with van der Waals surface area (Å²) in [5, 5.41) is 3.78. The number of benzene rings is 1. The van der Waals surface area contributed by atoms with E-state index in [0.29, 0.717) is 24.8 Å². The summed E-state index contributed by atoms with van der Waals surface area (Å²) < 4.78 is 29.4. The highest BCUT2D eigenvalue weighted by Crippen LogP contribution is 2.35. The quantitative estimate of drug-likeness (QED) is 0.594. The molecule has 1 aliphatic carbocycles. The van der Waals surface area contributed by atoms with Crippen LogP contribution in [0, 0.1) is 13.8 Å². The van der Waals surface area contributed by atoms with E-state index in [4.69, 9.17) is 4.98 Å². The molecular formula is C23H32N4O3S2. The molecule has 1 aliphatic heterocycles. The van der Waals surface area contributed by atoms with Gasteiger partial charge in [0.15, 0.2) is 5.16 Å². The van der Waals surface area contributed by atoms with Crippen molar-refractivity contribution in [3.8, 4) is 0 Å². The Hall–Kier alpha value is -1.84. The van der Waals surface area contributed by atoms with Gasteiger partial charge in [-0.25, -0.2) is 13.4 Å². The number of nitrogens with zero attached hydrogens (tertiary/aromatic N) is 3. The largest absolute Gasteiger partial charge is 0.325 e. The van der Waals surface area contributed by atoms with Gasteiger partial charge in [0.25, 0.3) is 0 Å². The summed E-state index contributed by atoms with van der Waals surface area (Å²) >= 11 is 1.46. The number of carbonyl (C=O) groups excluding carboxylic acids is 1. The van der Waals surface area contributed by atoms with Crippen LogP contribution in [-0.2, 0) is 14.8 Å². The summed E-state index contributed by atoms with van der Waals surface area (Å²) in [6.45, 7) is 5.27. The molecule has 7 nitrogen and oxygen atoms in total. The molecular weight excluding hydrogens is 444 g/mol. The van der Waals surface area contributed by atoms with Crippen LogP contribution in [0.25, 0.3) is 0 Å². The number of anilines is 1. The van der Waals surface area contributed by atoms with Crippen LogP contribution < -0.4 is 5.32 Å². The van der Waals surface area contributed by atoms with E-state index in [2.05, 4.69) is 16.8 Å². The standard InChI is InChI=1S/C23H32N4O3S2/c1-17-18(2)27(20-8-4-5-9-20)23(24-17)31-16-22(28)25-19-10-12-21(13-11-19)32(29,30)26-14-6-3-7-15-26/h10-13,20H,3-9,14-16H2,1-2H3,(H,25,28). The van der Waals surface area contributed by atoms with Crippen LogP contribution in [0.5, 0.6) is 0 Å². The molecule has 9 heteroatoms. The molecule has 1 aromatic carbocycles. The number of piperidine rings is 1. The Bertz CT molecular complexity index is 1050. The van der Waals surface area contributed by atoms with E-state index in [0.717, 1.165) is 30.1 Å². The van der Waals surface area contributed by atoms with Gasteiger partial charge >= 0.3 is 0 Å². The molecule has 0 bridgehead atoms. The molecule has 2 aromatic rings. The first-order valence-electron chi connectivity index (χ1n) is 11.4. The lowest BCUT2D eigenvalue weighted by molar-refractivity contribution is -0.113. The van der Waals surface area contributed by atoms with Gasteiger partial charge in [-0.1, -0.05) is 31.0 Å². The summed E-state index contributed by atoms with van der Waals surface area (Å²) in [4.78, 5) is 17.5. The monoisotopic (exact) mass is 476 g/mol. The number of amides is 1. The Kier molecular flexibility index (Phi) is 7.27. The van der Waals surface area contributed by atoms with Crippen LogP contribution in [0.4, 0.5) is 5.69 Å². The Morgan fingerprint density at radius 3 is 2.38 bits per heavy atom. The lowest BCUT2D eigenvalue weighted by Gasteiger charge is -2.25. The van der Waals surface area contributed by atoms with Crippen molar-refractivity contribution in [1.29, 1.82) is 0 Å². The average Bonchev–Trinajstić information content (AvgIpc) is 3.41. The maximum absolute atomic E-state index is 12.8. The molecule has 2 heterocycles. The Morgan fingerprint density at radius 1 is 1.06 bits per heavy atom. The first-order chi connectivity index (χ1) is 15.4. The SMILES string of the molecule is Cc1nc(SCC(=O)Nc2ccc(S(=O)(=O)N3CCCCC3)cc2)n(C2CCCC2)c1C. The van der Waals surface area contributed by atoms with Crippen molar-refractivity contribution in [3.63, 3.8) is 0 Å². The highest BCUT2D eigenvalue weighted by Gasteiger charge is 2.26. The summed E-state index contributed by atoms with van der Waals surface area (Å²) in [6, 6.07) is 6.95. The van der Waals surface area contributed by atoms with Crippen molar-refractivity contribution in [2.24, 2.45) is 0 Å². The van der Waals surface area contributed by atoms with Crippen LogP contribution in [0.3, 0.4) is 0 Å². The minimum atomic E-state index is -3.46. The summed E-state index contributed by atoms with van der Waals surface area (Å²) in [5.41, 5.74) is 2.80. The van der Waals surface area contributed by atoms with Crippen LogP contribution in [-0.4, -0.2) is 47.0 Å². The molecule has 0 radical (unpaired) electrons. The van der Waals surface area contributed by atoms with Gasteiger partial charge in [-0.05, 0) is 63.8 Å². The normalized spacial score (nSPS) is 18.2. The Labute approximate surface area is 195 Å². The van der Waals surface area contributed by atoms with Crippen molar-refractivity contribution >= 4 is 33.4 Å². The van der Waals surface area contributed by atoms with Crippen LogP contribution >= 0.6 is 11.8 Å². The molecule has 2 fully saturated rings. The number of carbonyl (C=O) groups is 1. The number of aromatic nitrogens is 2.